The van der Waals surface area contributed by atoms with Gasteiger partial charge < -0.3 is 20.7 Å². The number of ether oxygens (including phenoxy) is 1. The van der Waals surface area contributed by atoms with Crippen molar-refractivity contribution in [3.8, 4) is 0 Å². The van der Waals surface area contributed by atoms with Crippen molar-refractivity contribution in [2.75, 3.05) is 25.1 Å². The van der Waals surface area contributed by atoms with Crippen molar-refractivity contribution in [2.45, 2.75) is 64.6 Å². The average molecular weight is 377 g/mol. The number of carbonyl (C=O) groups excluding carboxylic acids is 1. The van der Waals surface area contributed by atoms with Crippen molar-refractivity contribution in [3.05, 3.63) is 0 Å². The van der Waals surface area contributed by atoms with E-state index in [1.165, 1.54) is 0 Å². The Morgan fingerprint density at radius 3 is 2.52 bits per heavy atom. The number of sulfone groups is 1. The fourth-order valence-corrected chi connectivity index (χ4v) is 4.24. The number of aliphatic imine (C=N–C) groups is 1. The molecule has 25 heavy (non-hydrogen) atoms. The van der Waals surface area contributed by atoms with Gasteiger partial charge in [-0.25, -0.2) is 13.2 Å². The molecule has 0 radical (unpaired) electrons. The van der Waals surface area contributed by atoms with E-state index in [-0.39, 0.29) is 23.6 Å². The van der Waals surface area contributed by atoms with Crippen molar-refractivity contribution < 1.29 is 17.9 Å². The molecule has 0 aromatic heterocycles. The average Bonchev–Trinajstić information content (AvgIpc) is 2.80. The Labute approximate surface area is 151 Å². The van der Waals surface area contributed by atoms with Crippen molar-refractivity contribution in [1.82, 2.24) is 16.0 Å². The lowest BCUT2D eigenvalue weighted by atomic mass is 10.1. The summed E-state index contributed by atoms with van der Waals surface area (Å²) in [5.74, 6) is 0.872. The van der Waals surface area contributed by atoms with Gasteiger partial charge in [0.15, 0.2) is 15.8 Å². The van der Waals surface area contributed by atoms with Gasteiger partial charge in [-0.2, -0.15) is 0 Å². The van der Waals surface area contributed by atoms with Gasteiger partial charge in [0.2, 0.25) is 0 Å². The van der Waals surface area contributed by atoms with Crippen LogP contribution in [0, 0.1) is 0 Å². The van der Waals surface area contributed by atoms with Crippen LogP contribution in [-0.4, -0.2) is 63.3 Å². The highest BCUT2D eigenvalue weighted by atomic mass is 32.2. The van der Waals surface area contributed by atoms with E-state index >= 15 is 0 Å². The molecule has 2 unspecified atom stereocenters. The largest absolute Gasteiger partial charge is 0.444 e. The van der Waals surface area contributed by atoms with Crippen LogP contribution in [0.4, 0.5) is 4.79 Å². The molecule has 1 saturated heterocycles. The van der Waals surface area contributed by atoms with Crippen LogP contribution in [-0.2, 0) is 14.6 Å². The Bertz CT molecular complexity index is 569. The van der Waals surface area contributed by atoms with Crippen molar-refractivity contribution >= 4 is 21.9 Å². The number of alkyl carbamates (subject to hydrolysis) is 1. The quantitative estimate of drug-likeness (QED) is 0.472. The van der Waals surface area contributed by atoms with Crippen LogP contribution >= 0.6 is 0 Å². The van der Waals surface area contributed by atoms with Crippen LogP contribution in [0.1, 0.15) is 47.0 Å². The van der Waals surface area contributed by atoms with Gasteiger partial charge in [-0.3, -0.25) is 4.99 Å². The molecule has 0 bridgehead atoms. The van der Waals surface area contributed by atoms with E-state index in [0.29, 0.717) is 18.9 Å². The van der Waals surface area contributed by atoms with E-state index in [0.717, 1.165) is 12.8 Å². The summed E-state index contributed by atoms with van der Waals surface area (Å²) in [4.78, 5) is 16.1. The highest BCUT2D eigenvalue weighted by Crippen LogP contribution is 2.11. The third kappa shape index (κ3) is 8.94. The molecule has 0 spiro atoms. The first kappa shape index (κ1) is 21.5. The first-order valence-electron chi connectivity index (χ1n) is 8.71. The lowest BCUT2D eigenvalue weighted by Crippen LogP contribution is -2.50. The number of amides is 1. The second kappa shape index (κ2) is 9.26. The third-order valence-corrected chi connectivity index (χ3v) is 5.44. The summed E-state index contributed by atoms with van der Waals surface area (Å²) < 4.78 is 28.4. The summed E-state index contributed by atoms with van der Waals surface area (Å²) >= 11 is 0. The van der Waals surface area contributed by atoms with Gasteiger partial charge in [0, 0.05) is 25.7 Å². The third-order valence-electron chi connectivity index (χ3n) is 3.67. The fraction of sp³-hybridized carbons (Fsp3) is 0.875. The molecule has 3 N–H and O–H groups in total. The number of guanidine groups is 1. The molecule has 146 valence electrons. The number of hydrogen-bond acceptors (Lipinski definition) is 5. The van der Waals surface area contributed by atoms with E-state index in [1.807, 2.05) is 27.7 Å². The molecule has 9 heteroatoms. The Morgan fingerprint density at radius 2 is 2.04 bits per heavy atom. The molecule has 1 heterocycles. The maximum absolute atomic E-state index is 11.9. The van der Waals surface area contributed by atoms with Crippen molar-refractivity contribution in [3.63, 3.8) is 0 Å². The summed E-state index contributed by atoms with van der Waals surface area (Å²) in [6.45, 7) is 7.98. The Morgan fingerprint density at radius 1 is 1.36 bits per heavy atom. The van der Waals surface area contributed by atoms with E-state index in [4.69, 9.17) is 4.74 Å². The zero-order valence-corrected chi connectivity index (χ0v) is 16.7. The van der Waals surface area contributed by atoms with Gasteiger partial charge in [-0.1, -0.05) is 13.3 Å². The van der Waals surface area contributed by atoms with Gasteiger partial charge in [0.25, 0.3) is 0 Å². The maximum Gasteiger partial charge on any atom is 0.407 e. The number of nitrogens with zero attached hydrogens (tertiary/aromatic N) is 1. The summed E-state index contributed by atoms with van der Waals surface area (Å²) in [6, 6.07) is -0.231. The van der Waals surface area contributed by atoms with E-state index < -0.39 is 21.5 Å². The normalized spacial score (nSPS) is 21.5. The highest BCUT2D eigenvalue weighted by molar-refractivity contribution is 7.91. The minimum absolute atomic E-state index is 0.106. The van der Waals surface area contributed by atoms with Gasteiger partial charge in [-0.05, 0) is 33.6 Å². The zero-order valence-electron chi connectivity index (χ0n) is 15.9. The molecule has 1 aliphatic rings. The molecule has 0 aromatic carbocycles. The predicted molar refractivity (Wildman–Crippen MR) is 99.6 cm³/mol. The van der Waals surface area contributed by atoms with E-state index in [1.54, 1.807) is 7.05 Å². The lowest BCUT2D eigenvalue weighted by Gasteiger charge is -2.24. The van der Waals surface area contributed by atoms with Gasteiger partial charge in [-0.15, -0.1) is 0 Å². The smallest absolute Gasteiger partial charge is 0.407 e. The molecular formula is C16H32N4O4S. The van der Waals surface area contributed by atoms with E-state index in [2.05, 4.69) is 20.9 Å². The van der Waals surface area contributed by atoms with Gasteiger partial charge >= 0.3 is 6.09 Å². The maximum atomic E-state index is 11.9. The van der Waals surface area contributed by atoms with Gasteiger partial charge in [0.05, 0.1) is 11.5 Å². The van der Waals surface area contributed by atoms with Crippen LogP contribution in [0.25, 0.3) is 0 Å². The standard InChI is InChI=1S/C16H32N4O4S/c1-6-7-12(20-15(21)24-16(2,3)4)10-18-14(17-5)19-13-8-9-25(22,23)11-13/h12-13H,6-11H2,1-5H3,(H,20,21)(H2,17,18,19). The Hall–Kier alpha value is -1.51. The molecule has 2 atom stereocenters. The molecule has 1 fully saturated rings. The van der Waals surface area contributed by atoms with Crippen LogP contribution in [0.15, 0.2) is 4.99 Å². The second-order valence-electron chi connectivity index (χ2n) is 7.33. The Balaban J connectivity index is 2.50. The molecule has 1 amide bonds. The summed E-state index contributed by atoms with van der Waals surface area (Å²) in [7, 11) is -1.31. The molecule has 8 nitrogen and oxygen atoms in total. The van der Waals surface area contributed by atoms with Crippen LogP contribution in [0.2, 0.25) is 0 Å². The lowest BCUT2D eigenvalue weighted by molar-refractivity contribution is 0.0502. The SMILES string of the molecule is CCCC(CNC(=NC)NC1CCS(=O)(=O)C1)NC(=O)OC(C)(C)C. The number of carbonyl (C=O) groups is 1. The van der Waals surface area contributed by atoms with Crippen molar-refractivity contribution in [1.29, 1.82) is 0 Å². The minimum Gasteiger partial charge on any atom is -0.444 e. The first-order chi connectivity index (χ1) is 11.5. The minimum atomic E-state index is -2.94. The van der Waals surface area contributed by atoms with Gasteiger partial charge in [0.1, 0.15) is 5.60 Å². The van der Waals surface area contributed by atoms with Crippen molar-refractivity contribution in [2.24, 2.45) is 4.99 Å². The number of rotatable bonds is 6. The number of nitrogens with one attached hydrogen (secondary N) is 3. The molecule has 1 rings (SSSR count). The summed E-state index contributed by atoms with van der Waals surface area (Å²) in [5, 5.41) is 9.13. The van der Waals surface area contributed by atoms with Crippen LogP contribution < -0.4 is 16.0 Å². The summed E-state index contributed by atoms with van der Waals surface area (Å²) in [6.07, 6.45) is 1.84. The second-order valence-corrected chi connectivity index (χ2v) is 9.56. The number of hydrogen-bond donors (Lipinski definition) is 3. The topological polar surface area (TPSA) is 109 Å². The summed E-state index contributed by atoms with van der Waals surface area (Å²) in [5.41, 5.74) is -0.542. The molecule has 0 saturated carbocycles. The highest BCUT2D eigenvalue weighted by Gasteiger charge is 2.28. The monoisotopic (exact) mass is 376 g/mol. The first-order valence-corrected chi connectivity index (χ1v) is 10.5. The van der Waals surface area contributed by atoms with Crippen LogP contribution in [0.3, 0.4) is 0 Å². The molecule has 1 aliphatic heterocycles. The Kier molecular flexibility index (Phi) is 7.98. The molecule has 0 aliphatic carbocycles. The van der Waals surface area contributed by atoms with E-state index in [9.17, 15) is 13.2 Å². The fourth-order valence-electron chi connectivity index (χ4n) is 2.56. The molecular weight excluding hydrogens is 344 g/mol. The van der Waals surface area contributed by atoms with Crippen LogP contribution in [0.5, 0.6) is 0 Å². The zero-order chi connectivity index (χ0) is 19.1. The predicted octanol–water partition coefficient (Wildman–Crippen LogP) is 1.03. The molecule has 0 aromatic rings.